The zero-order valence-corrected chi connectivity index (χ0v) is 26.8. The molecule has 35 heavy (non-hydrogen) atoms. The van der Waals surface area contributed by atoms with E-state index in [4.69, 9.17) is 4.74 Å². The van der Waals surface area contributed by atoms with Crippen molar-refractivity contribution < 1.29 is 74.3 Å². The van der Waals surface area contributed by atoms with Gasteiger partial charge in [-0.1, -0.05) is 57.4 Å². The average molecular weight is 742 g/mol. The van der Waals surface area contributed by atoms with Crippen LogP contribution in [0, 0.1) is 5.92 Å². The number of fused-ring (bicyclic) bond motifs is 1. The van der Waals surface area contributed by atoms with Crippen LogP contribution in [0.1, 0.15) is 77.5 Å². The molecule has 0 N–H and O–H groups in total. The van der Waals surface area contributed by atoms with Crippen LogP contribution in [-0.4, -0.2) is 11.0 Å². The van der Waals surface area contributed by atoms with Crippen LogP contribution >= 0.6 is 0 Å². The fourth-order valence-electron chi connectivity index (χ4n) is 4.10. The second-order valence-electron chi connectivity index (χ2n) is 9.25. The molecule has 0 saturated heterocycles. The summed E-state index contributed by atoms with van der Waals surface area (Å²) >= 11 is 0. The Morgan fingerprint density at radius 3 is 2.17 bits per heavy atom. The Morgan fingerprint density at radius 2 is 1.60 bits per heavy atom. The number of allylic oxidation sites excluding steroid dienone is 4. The molecule has 2 aromatic heterocycles. The Labute approximate surface area is 257 Å². The Bertz CT molecular complexity index is 964. The van der Waals surface area contributed by atoms with Crippen LogP contribution in [0.4, 0.5) is 0 Å². The maximum Gasteiger partial charge on any atom is 2.00 e. The monoisotopic (exact) mass is 742 g/mol. The zero-order valence-electron chi connectivity index (χ0n) is 21.4. The van der Waals surface area contributed by atoms with Gasteiger partial charge in [0.05, 0.1) is 12.6 Å². The van der Waals surface area contributed by atoms with Gasteiger partial charge in [0.1, 0.15) is 12.4 Å². The van der Waals surface area contributed by atoms with Gasteiger partial charge in [0.15, 0.2) is 11.4 Å². The molecule has 3 aromatic rings. The molecular weight excluding hydrogens is 702 g/mol. The number of halogens is 2. The third-order valence-electron chi connectivity index (χ3n) is 5.95. The fraction of sp³-hybridized carbons (Fsp3) is 0.448. The first kappa shape index (κ1) is 34.3. The maximum absolute atomic E-state index is 6.05. The van der Waals surface area contributed by atoms with E-state index in [1.165, 1.54) is 37.0 Å². The van der Waals surface area contributed by atoms with Gasteiger partial charge >= 0.3 is 17.1 Å². The summed E-state index contributed by atoms with van der Waals surface area (Å²) in [6, 6.07) is 14.7. The van der Waals surface area contributed by atoms with Gasteiger partial charge in [-0.25, -0.2) is 16.7 Å². The molecule has 3 nitrogen and oxygen atoms in total. The Kier molecular flexibility index (Phi) is 18.2. The van der Waals surface area contributed by atoms with Crippen molar-refractivity contribution in [2.75, 3.05) is 6.61 Å². The number of ether oxygens (including phenoxy) is 1. The van der Waals surface area contributed by atoms with Crippen LogP contribution in [0.5, 0.6) is 5.75 Å². The van der Waals surface area contributed by atoms with Crippen LogP contribution < -0.4 is 57.3 Å². The predicted molar refractivity (Wildman–Crippen MR) is 134 cm³/mol. The van der Waals surface area contributed by atoms with Gasteiger partial charge in [-0.3, -0.25) is 0 Å². The molecule has 194 valence electrons. The van der Waals surface area contributed by atoms with Crippen LogP contribution in [0.25, 0.3) is 5.65 Å². The van der Waals surface area contributed by atoms with E-state index in [0.29, 0.717) is 17.9 Å². The summed E-state index contributed by atoms with van der Waals surface area (Å²) in [5.41, 5.74) is 2.57. The minimum absolute atomic E-state index is 0. The van der Waals surface area contributed by atoms with Crippen LogP contribution in [0.2, 0.25) is 0 Å². The second-order valence-corrected chi connectivity index (χ2v) is 9.25. The quantitative estimate of drug-likeness (QED) is 0.101. The minimum atomic E-state index is 0. The third kappa shape index (κ3) is 11.1. The summed E-state index contributed by atoms with van der Waals surface area (Å²) < 4.78 is 10.7. The molecule has 0 radical (unpaired) electrons. The topological polar surface area (TPSA) is 17.5 Å². The van der Waals surface area contributed by atoms with Gasteiger partial charge in [0, 0.05) is 12.0 Å². The number of pyridine rings is 1. The standard InChI is InChI=1S/C24H35N2O.C5H5.Fe.2HI/c1-19(2)23-18-25(20(3)4)24-15-14-22(17-26(23)24)27-16-10-6-5-7-11-21-12-8-9-13-21;1-2-4-5-3-1;;;/h8-9,12-15,17-21H,5-7,10-11,16H2,1-4H3;1-5H;;2*1H/q+1;-1;+2;;/p-2. The van der Waals surface area contributed by atoms with E-state index in [-0.39, 0.29) is 65.0 Å². The summed E-state index contributed by atoms with van der Waals surface area (Å²) in [5.74, 6) is 2.13. The zero-order chi connectivity index (χ0) is 22.8. The van der Waals surface area contributed by atoms with Crippen LogP contribution in [-0.2, 0) is 17.1 Å². The Hall–Kier alpha value is -0.701. The minimum Gasteiger partial charge on any atom is -1.00 e. The summed E-state index contributed by atoms with van der Waals surface area (Å²) in [7, 11) is 0. The Balaban J connectivity index is 0.00000129. The molecule has 0 bridgehead atoms. The van der Waals surface area contributed by atoms with Gasteiger partial charge in [0.25, 0.3) is 5.65 Å². The molecule has 6 heteroatoms. The van der Waals surface area contributed by atoms with E-state index in [2.05, 4.69) is 85.5 Å². The van der Waals surface area contributed by atoms with Gasteiger partial charge < -0.3 is 52.7 Å². The summed E-state index contributed by atoms with van der Waals surface area (Å²) in [6.07, 6.45) is 19.6. The fourth-order valence-corrected chi connectivity index (χ4v) is 4.10. The van der Waals surface area contributed by atoms with Crippen molar-refractivity contribution in [1.82, 2.24) is 4.40 Å². The van der Waals surface area contributed by atoms with E-state index in [1.807, 2.05) is 30.3 Å². The van der Waals surface area contributed by atoms with Crippen molar-refractivity contribution in [3.05, 3.63) is 84.9 Å². The number of imidazole rings is 1. The van der Waals surface area contributed by atoms with Crippen LogP contribution in [0.3, 0.4) is 0 Å². The molecule has 0 spiro atoms. The first-order valence-corrected chi connectivity index (χ1v) is 12.3. The SMILES string of the molecule is CC(C)c1c[n+](C(C)C)c2ccc(OCCCCCCC3C=CC=C3)cn12.[Fe+2].[I-].[I-].c1cc[cH-]c1. The molecule has 1 aliphatic carbocycles. The molecule has 0 fully saturated rings. The summed E-state index contributed by atoms with van der Waals surface area (Å²) in [4.78, 5) is 0. The van der Waals surface area contributed by atoms with Gasteiger partial charge in [-0.2, -0.15) is 22.6 Å². The first-order chi connectivity index (χ1) is 15.6. The van der Waals surface area contributed by atoms with Gasteiger partial charge in [-0.15, -0.1) is 0 Å². The summed E-state index contributed by atoms with van der Waals surface area (Å²) in [5, 5.41) is 0. The molecule has 0 atom stereocenters. The predicted octanol–water partition coefficient (Wildman–Crippen LogP) is 1.41. The number of hydrogen-bond acceptors (Lipinski definition) is 1. The van der Waals surface area contributed by atoms with Gasteiger partial charge in [-0.05, 0) is 38.7 Å². The van der Waals surface area contributed by atoms with E-state index in [0.717, 1.165) is 18.8 Å². The molecule has 1 aliphatic rings. The van der Waals surface area contributed by atoms with Crippen molar-refractivity contribution in [1.29, 1.82) is 0 Å². The molecule has 1 aromatic carbocycles. The largest absolute Gasteiger partial charge is 2.00 e. The molecular formula is C29H40FeI2N2O. The smallest absolute Gasteiger partial charge is 1.00 e. The van der Waals surface area contributed by atoms with Crippen molar-refractivity contribution in [3.63, 3.8) is 0 Å². The molecule has 0 amide bonds. The van der Waals surface area contributed by atoms with Crippen molar-refractivity contribution >= 4 is 5.65 Å². The Morgan fingerprint density at radius 1 is 0.943 bits per heavy atom. The molecule has 4 rings (SSSR count). The molecule has 0 aliphatic heterocycles. The van der Waals surface area contributed by atoms with Crippen molar-refractivity contribution in [2.24, 2.45) is 5.92 Å². The van der Waals surface area contributed by atoms with Crippen LogP contribution in [0.15, 0.2) is 79.2 Å². The average Bonchev–Trinajstić information content (AvgIpc) is 3.55. The van der Waals surface area contributed by atoms with E-state index >= 15 is 0 Å². The number of hydrogen-bond donors (Lipinski definition) is 0. The molecule has 0 unspecified atom stereocenters. The normalized spacial score (nSPS) is 12.2. The van der Waals surface area contributed by atoms with Crippen molar-refractivity contribution in [2.45, 2.75) is 71.8 Å². The van der Waals surface area contributed by atoms with Gasteiger partial charge in [0.2, 0.25) is 0 Å². The number of rotatable bonds is 10. The number of aromatic nitrogens is 2. The van der Waals surface area contributed by atoms with E-state index < -0.39 is 0 Å². The van der Waals surface area contributed by atoms with E-state index in [1.54, 1.807) is 0 Å². The number of unbranched alkanes of at least 4 members (excludes halogenated alkanes) is 3. The second kappa shape index (κ2) is 18.5. The first-order valence-electron chi connectivity index (χ1n) is 12.3. The number of nitrogens with zero attached hydrogens (tertiary/aromatic N) is 2. The molecule has 2 heterocycles. The maximum atomic E-state index is 6.05. The molecule has 0 saturated carbocycles. The van der Waals surface area contributed by atoms with Crippen molar-refractivity contribution in [3.8, 4) is 5.75 Å². The third-order valence-corrected chi connectivity index (χ3v) is 5.95. The van der Waals surface area contributed by atoms with E-state index in [9.17, 15) is 0 Å². The summed E-state index contributed by atoms with van der Waals surface area (Å²) in [6.45, 7) is 9.76.